The quantitative estimate of drug-likeness (QED) is 0.530. The highest BCUT2D eigenvalue weighted by Crippen LogP contribution is 2.46. The maximum atomic E-state index is 13.8. The third-order valence-corrected chi connectivity index (χ3v) is 8.40. The number of fused-ring (bicyclic) bond motifs is 5. The molecule has 2 aromatic carbocycles. The number of hydrogen-bond acceptors (Lipinski definition) is 3. The van der Waals surface area contributed by atoms with Gasteiger partial charge in [-0.1, -0.05) is 49.6 Å². The number of carboxylic acids is 1. The summed E-state index contributed by atoms with van der Waals surface area (Å²) in [6.45, 7) is 1.90. The average Bonchev–Trinajstić information content (AvgIpc) is 3.47. The summed E-state index contributed by atoms with van der Waals surface area (Å²) in [6.07, 6.45) is 9.02. The first-order valence-electron chi connectivity index (χ1n) is 13.2. The minimum Gasteiger partial charge on any atom is -0.478 e. The number of nitrogens with zero attached hydrogens (tertiary/aromatic N) is 2. The summed E-state index contributed by atoms with van der Waals surface area (Å²) in [4.78, 5) is 27.6. The van der Waals surface area contributed by atoms with Crippen LogP contribution in [0.1, 0.15) is 65.9 Å². The lowest BCUT2D eigenvalue weighted by molar-refractivity contribution is -0.126. The van der Waals surface area contributed by atoms with Gasteiger partial charge in [-0.05, 0) is 61.6 Å². The molecule has 2 N–H and O–H groups in total. The third kappa shape index (κ3) is 3.84. The van der Waals surface area contributed by atoms with E-state index in [0.29, 0.717) is 25.0 Å². The molecule has 36 heavy (non-hydrogen) atoms. The smallest absolute Gasteiger partial charge is 0.335 e. The second kappa shape index (κ2) is 9.25. The summed E-state index contributed by atoms with van der Waals surface area (Å²) in [5, 5.41) is 14.2. The fourth-order valence-electron chi connectivity index (χ4n) is 6.52. The fraction of sp³-hybridized carbons (Fsp3) is 0.400. The molecule has 1 aliphatic carbocycles. The molecule has 1 saturated heterocycles. The zero-order valence-electron chi connectivity index (χ0n) is 20.8. The van der Waals surface area contributed by atoms with E-state index >= 15 is 0 Å². The molecule has 3 heterocycles. The number of aromatic nitrogens is 1. The molecule has 1 atom stereocenters. The van der Waals surface area contributed by atoms with Gasteiger partial charge in [0.1, 0.15) is 0 Å². The van der Waals surface area contributed by atoms with Gasteiger partial charge in [0.2, 0.25) is 0 Å². The van der Waals surface area contributed by atoms with Gasteiger partial charge in [-0.2, -0.15) is 0 Å². The number of carbonyl (C=O) groups is 2. The Morgan fingerprint density at radius 3 is 2.58 bits per heavy atom. The number of hydrogen-bond donors (Lipinski definition) is 2. The molecule has 186 valence electrons. The van der Waals surface area contributed by atoms with E-state index in [1.165, 1.54) is 24.8 Å². The van der Waals surface area contributed by atoms with Crippen LogP contribution in [0.3, 0.4) is 0 Å². The number of amides is 1. The summed E-state index contributed by atoms with van der Waals surface area (Å²) >= 11 is 0. The highest BCUT2D eigenvalue weighted by Gasteiger charge is 2.32. The van der Waals surface area contributed by atoms with Crippen molar-refractivity contribution in [2.75, 3.05) is 20.1 Å². The lowest BCUT2D eigenvalue weighted by atomic mass is 9.81. The molecule has 0 unspecified atom stereocenters. The zero-order chi connectivity index (χ0) is 24.8. The summed E-state index contributed by atoms with van der Waals surface area (Å²) < 4.78 is 2.23. The van der Waals surface area contributed by atoms with E-state index in [1.54, 1.807) is 12.1 Å². The Morgan fingerprint density at radius 1 is 1.03 bits per heavy atom. The predicted octanol–water partition coefficient (Wildman–Crippen LogP) is 5.27. The van der Waals surface area contributed by atoms with Gasteiger partial charge in [0, 0.05) is 41.2 Å². The lowest BCUT2D eigenvalue weighted by Crippen LogP contribution is -2.34. The molecule has 1 amide bonds. The van der Waals surface area contributed by atoms with E-state index in [0.717, 1.165) is 59.1 Å². The van der Waals surface area contributed by atoms with Gasteiger partial charge in [-0.15, -0.1) is 0 Å². The van der Waals surface area contributed by atoms with Crippen LogP contribution in [0.2, 0.25) is 0 Å². The molecular formula is C30H33N3O3. The molecule has 3 aliphatic rings. The van der Waals surface area contributed by atoms with Crippen molar-refractivity contribution < 1.29 is 14.7 Å². The van der Waals surface area contributed by atoms with Gasteiger partial charge in [-0.25, -0.2) is 4.79 Å². The van der Waals surface area contributed by atoms with Crippen molar-refractivity contribution >= 4 is 28.9 Å². The maximum absolute atomic E-state index is 13.8. The predicted molar refractivity (Wildman–Crippen MR) is 142 cm³/mol. The molecule has 0 radical (unpaired) electrons. The van der Waals surface area contributed by atoms with Crippen molar-refractivity contribution in [3.63, 3.8) is 0 Å². The molecule has 1 aromatic heterocycles. The molecule has 1 saturated carbocycles. The van der Waals surface area contributed by atoms with Crippen LogP contribution in [0.15, 0.2) is 48.0 Å². The number of carbonyl (C=O) groups excluding carboxylic acids is 1. The minimum atomic E-state index is -0.928. The first-order valence-corrected chi connectivity index (χ1v) is 13.2. The first-order chi connectivity index (χ1) is 17.5. The molecule has 0 bridgehead atoms. The van der Waals surface area contributed by atoms with Crippen LogP contribution in [-0.4, -0.2) is 52.6 Å². The fourth-order valence-corrected chi connectivity index (χ4v) is 6.52. The molecule has 3 aromatic rings. The van der Waals surface area contributed by atoms with E-state index in [2.05, 4.69) is 34.2 Å². The Morgan fingerprint density at radius 2 is 1.83 bits per heavy atom. The number of rotatable bonds is 4. The van der Waals surface area contributed by atoms with Crippen molar-refractivity contribution in [2.45, 2.75) is 57.0 Å². The van der Waals surface area contributed by atoms with Gasteiger partial charge in [0.25, 0.3) is 5.91 Å². The summed E-state index contributed by atoms with van der Waals surface area (Å²) in [5.74, 6) is -0.415. The Labute approximate surface area is 211 Å². The number of carboxylic acid groups (broad SMARTS) is 1. The minimum absolute atomic E-state index is 0.0749. The van der Waals surface area contributed by atoms with Crippen LogP contribution in [-0.2, 0) is 11.3 Å². The SMILES string of the molecule is CN[C@H]1CCN(C(=O)C2=Cc3ccccc3-c3c(C4CCCCC4)c4ccc(C(=O)O)cc4n3C2)C1. The Kier molecular flexibility index (Phi) is 5.92. The van der Waals surface area contributed by atoms with Crippen molar-refractivity contribution in [2.24, 2.45) is 0 Å². The molecule has 2 fully saturated rings. The van der Waals surface area contributed by atoms with E-state index < -0.39 is 5.97 Å². The Bertz CT molecular complexity index is 1380. The monoisotopic (exact) mass is 483 g/mol. The molecule has 2 aliphatic heterocycles. The average molecular weight is 484 g/mol. The summed E-state index contributed by atoms with van der Waals surface area (Å²) in [6, 6.07) is 14.2. The van der Waals surface area contributed by atoms with Crippen molar-refractivity contribution in [3.05, 3.63) is 64.7 Å². The van der Waals surface area contributed by atoms with Gasteiger partial charge in [0.05, 0.1) is 17.8 Å². The number of nitrogens with one attached hydrogen (secondary N) is 1. The topological polar surface area (TPSA) is 74.6 Å². The molecule has 0 spiro atoms. The van der Waals surface area contributed by atoms with E-state index in [4.69, 9.17) is 0 Å². The maximum Gasteiger partial charge on any atom is 0.335 e. The van der Waals surface area contributed by atoms with Crippen LogP contribution in [0.25, 0.3) is 28.2 Å². The Hall–Kier alpha value is -3.38. The van der Waals surface area contributed by atoms with Crippen LogP contribution in [0.4, 0.5) is 0 Å². The second-order valence-electron chi connectivity index (χ2n) is 10.5. The largest absolute Gasteiger partial charge is 0.478 e. The molecular weight excluding hydrogens is 450 g/mol. The summed E-state index contributed by atoms with van der Waals surface area (Å²) in [5.41, 5.74) is 6.62. The lowest BCUT2D eigenvalue weighted by Gasteiger charge is -2.24. The number of aromatic carboxylic acids is 1. The number of likely N-dealkylation sites (tertiary alicyclic amines) is 1. The summed E-state index contributed by atoms with van der Waals surface area (Å²) in [7, 11) is 1.95. The second-order valence-corrected chi connectivity index (χ2v) is 10.5. The van der Waals surface area contributed by atoms with Crippen molar-refractivity contribution in [1.29, 1.82) is 0 Å². The van der Waals surface area contributed by atoms with Crippen molar-refractivity contribution in [3.8, 4) is 11.3 Å². The van der Waals surface area contributed by atoms with Crippen LogP contribution in [0, 0.1) is 0 Å². The van der Waals surface area contributed by atoms with Gasteiger partial charge in [-0.3, -0.25) is 4.79 Å². The highest BCUT2D eigenvalue weighted by atomic mass is 16.4. The van der Waals surface area contributed by atoms with Gasteiger partial charge >= 0.3 is 5.97 Å². The number of likely N-dealkylation sites (N-methyl/N-ethyl adjacent to an activating group) is 1. The Balaban J connectivity index is 1.56. The third-order valence-electron chi connectivity index (χ3n) is 8.40. The number of benzene rings is 2. The van der Waals surface area contributed by atoms with Crippen LogP contribution in [0.5, 0.6) is 0 Å². The molecule has 6 rings (SSSR count). The van der Waals surface area contributed by atoms with E-state index in [1.807, 2.05) is 24.1 Å². The van der Waals surface area contributed by atoms with Crippen LogP contribution < -0.4 is 5.32 Å². The first kappa shape index (κ1) is 23.0. The zero-order valence-corrected chi connectivity index (χ0v) is 20.8. The highest BCUT2D eigenvalue weighted by molar-refractivity contribution is 6.03. The van der Waals surface area contributed by atoms with E-state index in [9.17, 15) is 14.7 Å². The van der Waals surface area contributed by atoms with Crippen molar-refractivity contribution in [1.82, 2.24) is 14.8 Å². The molecule has 6 nitrogen and oxygen atoms in total. The standard InChI is InChI=1S/C30H33N3O3/c1-31-23-13-14-32(18-23)29(34)22-15-20-9-5-6-10-24(20)28-27(19-7-3-2-4-8-19)25-12-11-21(30(35)36)16-26(25)33(28)17-22/h5-6,9-12,15-16,19,23,31H,2-4,7-8,13-14,17-18H2,1H3,(H,35,36)/t23-/m0/s1. The van der Waals surface area contributed by atoms with Gasteiger partial charge < -0.3 is 19.9 Å². The molecule has 6 heteroatoms. The van der Waals surface area contributed by atoms with Gasteiger partial charge in [0.15, 0.2) is 0 Å². The van der Waals surface area contributed by atoms with Crippen LogP contribution >= 0.6 is 0 Å². The van der Waals surface area contributed by atoms with E-state index in [-0.39, 0.29) is 11.5 Å². The normalized spacial score (nSPS) is 20.1.